The second-order valence-corrected chi connectivity index (χ2v) is 6.32. The first kappa shape index (κ1) is 15.1. The van der Waals surface area contributed by atoms with Crippen molar-refractivity contribution in [2.45, 2.75) is 51.5 Å². The highest BCUT2D eigenvalue weighted by Gasteiger charge is 2.14. The summed E-state index contributed by atoms with van der Waals surface area (Å²) in [6.45, 7) is 1.51. The van der Waals surface area contributed by atoms with E-state index in [0.717, 1.165) is 29.9 Å². The zero-order chi connectivity index (χ0) is 15.2. The van der Waals surface area contributed by atoms with E-state index in [-0.39, 0.29) is 5.91 Å². The third-order valence-corrected chi connectivity index (χ3v) is 4.69. The van der Waals surface area contributed by atoms with Gasteiger partial charge in [0.15, 0.2) is 0 Å². The van der Waals surface area contributed by atoms with Gasteiger partial charge in [-0.15, -0.1) is 0 Å². The molecule has 1 aliphatic rings. The molecule has 22 heavy (non-hydrogen) atoms. The molecule has 1 aromatic carbocycles. The number of para-hydroxylation sites is 2. The molecule has 1 aromatic heterocycles. The van der Waals surface area contributed by atoms with Crippen LogP contribution in [0.3, 0.4) is 0 Å². The number of hydrogen-bond donors (Lipinski definition) is 1. The van der Waals surface area contributed by atoms with E-state index in [0.29, 0.717) is 13.0 Å². The summed E-state index contributed by atoms with van der Waals surface area (Å²) in [6, 6.07) is 8.02. The molecule has 0 atom stereocenters. The van der Waals surface area contributed by atoms with Crippen LogP contribution in [0.2, 0.25) is 0 Å². The van der Waals surface area contributed by atoms with Crippen LogP contribution in [0, 0.1) is 5.92 Å². The molecule has 0 radical (unpaired) electrons. The maximum atomic E-state index is 11.9. The summed E-state index contributed by atoms with van der Waals surface area (Å²) in [5.74, 6) is 1.05. The number of carbonyl (C=O) groups excluding carboxylic acids is 1. The number of aryl methyl sites for hydroxylation is 1. The van der Waals surface area contributed by atoms with Crippen molar-refractivity contribution in [3.63, 3.8) is 0 Å². The smallest absolute Gasteiger partial charge is 0.221 e. The highest BCUT2D eigenvalue weighted by molar-refractivity contribution is 5.77. The van der Waals surface area contributed by atoms with Gasteiger partial charge < -0.3 is 9.88 Å². The number of benzene rings is 1. The van der Waals surface area contributed by atoms with Crippen LogP contribution in [0.1, 0.15) is 44.9 Å². The average molecular weight is 299 g/mol. The van der Waals surface area contributed by atoms with E-state index >= 15 is 0 Å². The molecular weight excluding hydrogens is 274 g/mol. The quantitative estimate of drug-likeness (QED) is 0.795. The van der Waals surface area contributed by atoms with Crippen molar-refractivity contribution in [1.82, 2.24) is 14.9 Å². The van der Waals surface area contributed by atoms with Gasteiger partial charge in [0, 0.05) is 19.5 Å². The number of carbonyl (C=O) groups is 1. The fraction of sp³-hybridized carbons (Fsp3) is 0.556. The van der Waals surface area contributed by atoms with Crippen molar-refractivity contribution in [2.24, 2.45) is 5.92 Å². The molecular formula is C18H25N3O. The van der Waals surface area contributed by atoms with E-state index in [4.69, 9.17) is 0 Å². The maximum absolute atomic E-state index is 11.9. The summed E-state index contributed by atoms with van der Waals surface area (Å²) in [6.07, 6.45) is 10.3. The molecule has 0 aliphatic heterocycles. The van der Waals surface area contributed by atoms with Gasteiger partial charge in [0.1, 0.15) is 0 Å². The molecule has 1 amide bonds. The summed E-state index contributed by atoms with van der Waals surface area (Å²) in [5.41, 5.74) is 2.08. The van der Waals surface area contributed by atoms with Crippen molar-refractivity contribution in [3.05, 3.63) is 30.6 Å². The van der Waals surface area contributed by atoms with Crippen LogP contribution in [-0.2, 0) is 11.3 Å². The maximum Gasteiger partial charge on any atom is 0.221 e. The zero-order valence-corrected chi connectivity index (χ0v) is 13.1. The van der Waals surface area contributed by atoms with E-state index < -0.39 is 0 Å². The largest absolute Gasteiger partial charge is 0.356 e. The summed E-state index contributed by atoms with van der Waals surface area (Å²) < 4.78 is 2.05. The first-order chi connectivity index (χ1) is 10.8. The van der Waals surface area contributed by atoms with Crippen molar-refractivity contribution < 1.29 is 4.79 Å². The lowest BCUT2D eigenvalue weighted by molar-refractivity contribution is -0.121. The van der Waals surface area contributed by atoms with Gasteiger partial charge in [-0.2, -0.15) is 0 Å². The summed E-state index contributed by atoms with van der Waals surface area (Å²) in [7, 11) is 0. The normalized spacial score (nSPS) is 15.5. The van der Waals surface area contributed by atoms with Crippen LogP contribution in [-0.4, -0.2) is 22.0 Å². The van der Waals surface area contributed by atoms with E-state index in [1.54, 1.807) is 0 Å². The van der Waals surface area contributed by atoms with Gasteiger partial charge >= 0.3 is 0 Å². The topological polar surface area (TPSA) is 46.9 Å². The van der Waals surface area contributed by atoms with Crippen molar-refractivity contribution >= 4 is 16.9 Å². The molecule has 0 bridgehead atoms. The van der Waals surface area contributed by atoms with E-state index in [1.165, 1.54) is 32.1 Å². The molecule has 0 spiro atoms. The highest BCUT2D eigenvalue weighted by Crippen LogP contribution is 2.28. The Balaban J connectivity index is 1.37. The molecule has 3 rings (SSSR count). The van der Waals surface area contributed by atoms with Crippen LogP contribution >= 0.6 is 0 Å². The minimum atomic E-state index is 0.143. The zero-order valence-electron chi connectivity index (χ0n) is 13.1. The Morgan fingerprint density at radius 3 is 2.95 bits per heavy atom. The van der Waals surface area contributed by atoms with Crippen LogP contribution in [0.4, 0.5) is 0 Å². The Morgan fingerprint density at radius 1 is 1.27 bits per heavy atom. The Labute approximate surface area is 131 Å². The predicted octanol–water partition coefficient (Wildman–Crippen LogP) is 3.51. The molecule has 0 saturated heterocycles. The van der Waals surface area contributed by atoms with Crippen molar-refractivity contribution in [2.75, 3.05) is 6.54 Å². The molecule has 1 heterocycles. The summed E-state index contributed by atoms with van der Waals surface area (Å²) in [5, 5.41) is 3.04. The number of rotatable bonds is 7. The SMILES string of the molecule is O=C(CCn1cnc2ccccc21)NCCCC1CCCC1. The molecule has 1 N–H and O–H groups in total. The van der Waals surface area contributed by atoms with Gasteiger partial charge in [-0.3, -0.25) is 4.79 Å². The number of fused-ring (bicyclic) bond motifs is 1. The first-order valence-corrected chi connectivity index (χ1v) is 8.49. The van der Waals surface area contributed by atoms with E-state index in [1.807, 2.05) is 35.2 Å². The number of aromatic nitrogens is 2. The molecule has 118 valence electrons. The monoisotopic (exact) mass is 299 g/mol. The van der Waals surface area contributed by atoms with E-state index in [2.05, 4.69) is 10.3 Å². The van der Waals surface area contributed by atoms with Crippen molar-refractivity contribution in [1.29, 1.82) is 0 Å². The number of imidazole rings is 1. The van der Waals surface area contributed by atoms with Crippen molar-refractivity contribution in [3.8, 4) is 0 Å². The van der Waals surface area contributed by atoms with Crippen LogP contribution in [0.5, 0.6) is 0 Å². The molecule has 0 unspecified atom stereocenters. The predicted molar refractivity (Wildman–Crippen MR) is 88.6 cm³/mol. The lowest BCUT2D eigenvalue weighted by Crippen LogP contribution is -2.25. The van der Waals surface area contributed by atoms with Crippen LogP contribution < -0.4 is 5.32 Å². The highest BCUT2D eigenvalue weighted by atomic mass is 16.1. The number of nitrogens with zero attached hydrogens (tertiary/aromatic N) is 2. The van der Waals surface area contributed by atoms with Gasteiger partial charge in [-0.05, 0) is 30.9 Å². The molecule has 1 aliphatic carbocycles. The van der Waals surface area contributed by atoms with Crippen LogP contribution in [0.25, 0.3) is 11.0 Å². The summed E-state index contributed by atoms with van der Waals surface area (Å²) >= 11 is 0. The average Bonchev–Trinajstić information content (AvgIpc) is 3.19. The Bertz CT molecular complexity index is 614. The van der Waals surface area contributed by atoms with Crippen LogP contribution in [0.15, 0.2) is 30.6 Å². The Morgan fingerprint density at radius 2 is 2.09 bits per heavy atom. The standard InChI is InChI=1S/C18H25N3O/c22-18(19-12-5-8-15-6-1-2-7-15)11-13-21-14-20-16-9-3-4-10-17(16)21/h3-4,9-10,14-15H,1-2,5-8,11-13H2,(H,19,22). The number of hydrogen-bond acceptors (Lipinski definition) is 2. The third kappa shape index (κ3) is 3.87. The third-order valence-electron chi connectivity index (χ3n) is 4.69. The second kappa shape index (κ2) is 7.43. The fourth-order valence-electron chi connectivity index (χ4n) is 3.42. The lowest BCUT2D eigenvalue weighted by Gasteiger charge is -2.09. The number of amides is 1. The minimum absolute atomic E-state index is 0.143. The molecule has 1 fully saturated rings. The molecule has 1 saturated carbocycles. The van der Waals surface area contributed by atoms with Gasteiger partial charge in [0.25, 0.3) is 0 Å². The Kier molecular flexibility index (Phi) is 5.09. The van der Waals surface area contributed by atoms with E-state index in [9.17, 15) is 4.79 Å². The molecule has 4 nitrogen and oxygen atoms in total. The van der Waals surface area contributed by atoms with Gasteiger partial charge in [0.05, 0.1) is 17.4 Å². The second-order valence-electron chi connectivity index (χ2n) is 6.32. The van der Waals surface area contributed by atoms with Gasteiger partial charge in [-0.1, -0.05) is 37.8 Å². The first-order valence-electron chi connectivity index (χ1n) is 8.49. The molecule has 2 aromatic rings. The fourth-order valence-corrected chi connectivity index (χ4v) is 3.42. The summed E-state index contributed by atoms with van der Waals surface area (Å²) in [4.78, 5) is 16.3. The number of nitrogens with one attached hydrogen (secondary N) is 1. The van der Waals surface area contributed by atoms with Gasteiger partial charge in [-0.25, -0.2) is 4.98 Å². The Hall–Kier alpha value is -1.84. The minimum Gasteiger partial charge on any atom is -0.356 e. The lowest BCUT2D eigenvalue weighted by atomic mass is 10.0. The molecule has 4 heteroatoms. The van der Waals surface area contributed by atoms with Gasteiger partial charge in [0.2, 0.25) is 5.91 Å².